The summed E-state index contributed by atoms with van der Waals surface area (Å²) in [4.78, 5) is 0. The fourth-order valence-electron chi connectivity index (χ4n) is 2.97. The van der Waals surface area contributed by atoms with E-state index < -0.39 is 10.0 Å². The quantitative estimate of drug-likeness (QED) is 0.847. The van der Waals surface area contributed by atoms with E-state index in [1.807, 2.05) is 0 Å². The third-order valence-corrected chi connectivity index (χ3v) is 6.32. The van der Waals surface area contributed by atoms with E-state index in [2.05, 4.69) is 12.2 Å². The fourth-order valence-corrected chi connectivity index (χ4v) is 4.90. The molecule has 1 atom stereocenters. The summed E-state index contributed by atoms with van der Waals surface area (Å²) in [5.74, 6) is 1.39. The molecular formula is C13H26N2O2S. The molecule has 2 aliphatic rings. The molecule has 0 aromatic heterocycles. The number of hydrogen-bond donors (Lipinski definition) is 1. The van der Waals surface area contributed by atoms with Gasteiger partial charge in [0, 0.05) is 13.1 Å². The smallest absolute Gasteiger partial charge is 0.214 e. The standard InChI is InChI=1S/C13H26N2O2S/c1-12-3-2-9-15(10-6-12)18(16,17)11-13-4-7-14-8-5-13/h12-14H,2-11H2,1H3. The van der Waals surface area contributed by atoms with E-state index in [1.54, 1.807) is 4.31 Å². The molecule has 0 amide bonds. The number of piperidine rings is 1. The van der Waals surface area contributed by atoms with Crippen molar-refractivity contribution < 1.29 is 8.42 Å². The van der Waals surface area contributed by atoms with Crippen molar-refractivity contribution in [2.24, 2.45) is 11.8 Å². The van der Waals surface area contributed by atoms with Crippen LogP contribution in [0, 0.1) is 11.8 Å². The molecule has 2 saturated heterocycles. The molecule has 2 heterocycles. The van der Waals surface area contributed by atoms with Gasteiger partial charge in [-0.2, -0.15) is 0 Å². The zero-order valence-corrected chi connectivity index (χ0v) is 12.2. The molecule has 1 unspecified atom stereocenters. The number of hydrogen-bond acceptors (Lipinski definition) is 3. The highest BCUT2D eigenvalue weighted by atomic mass is 32.2. The fraction of sp³-hybridized carbons (Fsp3) is 1.00. The lowest BCUT2D eigenvalue weighted by molar-refractivity contribution is 0.377. The van der Waals surface area contributed by atoms with E-state index in [-0.39, 0.29) is 0 Å². The Labute approximate surface area is 111 Å². The first-order chi connectivity index (χ1) is 8.58. The first-order valence-corrected chi connectivity index (χ1v) is 8.87. The van der Waals surface area contributed by atoms with Crippen LogP contribution in [0.4, 0.5) is 0 Å². The average Bonchev–Trinajstić information content (AvgIpc) is 2.55. The van der Waals surface area contributed by atoms with E-state index in [9.17, 15) is 8.42 Å². The first-order valence-electron chi connectivity index (χ1n) is 7.26. The Morgan fingerprint density at radius 3 is 2.56 bits per heavy atom. The second kappa shape index (κ2) is 6.35. The maximum atomic E-state index is 12.4. The molecular weight excluding hydrogens is 248 g/mol. The van der Waals surface area contributed by atoms with Crippen molar-refractivity contribution in [1.82, 2.24) is 9.62 Å². The molecule has 2 rings (SSSR count). The Hall–Kier alpha value is -0.130. The van der Waals surface area contributed by atoms with Gasteiger partial charge in [-0.05, 0) is 57.0 Å². The van der Waals surface area contributed by atoms with Gasteiger partial charge in [0.15, 0.2) is 0 Å². The van der Waals surface area contributed by atoms with Gasteiger partial charge < -0.3 is 5.32 Å². The van der Waals surface area contributed by atoms with Crippen molar-refractivity contribution in [3.8, 4) is 0 Å². The van der Waals surface area contributed by atoms with Crippen molar-refractivity contribution in [2.45, 2.75) is 39.0 Å². The molecule has 0 radical (unpaired) electrons. The Bertz CT molecular complexity index is 350. The van der Waals surface area contributed by atoms with Gasteiger partial charge in [0.25, 0.3) is 0 Å². The van der Waals surface area contributed by atoms with Crippen LogP contribution in [0.1, 0.15) is 39.0 Å². The van der Waals surface area contributed by atoms with Crippen LogP contribution in [-0.4, -0.2) is 44.7 Å². The third kappa shape index (κ3) is 3.93. The van der Waals surface area contributed by atoms with Crippen molar-refractivity contribution >= 4 is 10.0 Å². The van der Waals surface area contributed by atoms with Crippen LogP contribution in [0.15, 0.2) is 0 Å². The van der Waals surface area contributed by atoms with Gasteiger partial charge in [-0.15, -0.1) is 0 Å². The van der Waals surface area contributed by atoms with Crippen LogP contribution in [0.25, 0.3) is 0 Å². The second-order valence-electron chi connectivity index (χ2n) is 5.91. The topological polar surface area (TPSA) is 49.4 Å². The van der Waals surface area contributed by atoms with Gasteiger partial charge in [0.1, 0.15) is 0 Å². The summed E-state index contributed by atoms with van der Waals surface area (Å²) in [6.45, 7) is 5.63. The second-order valence-corrected chi connectivity index (χ2v) is 7.92. The minimum atomic E-state index is -3.02. The molecule has 0 saturated carbocycles. The molecule has 5 heteroatoms. The van der Waals surface area contributed by atoms with Crippen LogP contribution in [0.5, 0.6) is 0 Å². The molecule has 4 nitrogen and oxygen atoms in total. The average molecular weight is 274 g/mol. The summed E-state index contributed by atoms with van der Waals surface area (Å²) in [5, 5.41) is 3.29. The van der Waals surface area contributed by atoms with Crippen molar-refractivity contribution in [2.75, 3.05) is 31.9 Å². The molecule has 106 valence electrons. The zero-order valence-electron chi connectivity index (χ0n) is 11.4. The molecule has 0 aliphatic carbocycles. The van der Waals surface area contributed by atoms with E-state index in [0.717, 1.165) is 51.9 Å². The van der Waals surface area contributed by atoms with Crippen LogP contribution in [0.3, 0.4) is 0 Å². The minimum absolute atomic E-state index is 0.358. The SMILES string of the molecule is CC1CCCN(S(=O)(=O)CC2CCNCC2)CC1. The lowest BCUT2D eigenvalue weighted by atomic mass is 10.0. The number of nitrogens with one attached hydrogen (secondary N) is 1. The molecule has 0 bridgehead atoms. The highest BCUT2D eigenvalue weighted by Gasteiger charge is 2.28. The summed E-state index contributed by atoms with van der Waals surface area (Å²) in [6.07, 6.45) is 5.21. The highest BCUT2D eigenvalue weighted by molar-refractivity contribution is 7.89. The van der Waals surface area contributed by atoms with Crippen LogP contribution < -0.4 is 5.32 Å². The minimum Gasteiger partial charge on any atom is -0.317 e. The predicted octanol–water partition coefficient (Wildman–Crippen LogP) is 1.44. The number of nitrogens with zero attached hydrogens (tertiary/aromatic N) is 1. The maximum Gasteiger partial charge on any atom is 0.214 e. The Morgan fingerprint density at radius 2 is 1.83 bits per heavy atom. The zero-order chi connectivity index (χ0) is 13.0. The van der Waals surface area contributed by atoms with Crippen LogP contribution >= 0.6 is 0 Å². The Kier molecular flexibility index (Phi) is 5.04. The molecule has 18 heavy (non-hydrogen) atoms. The molecule has 2 fully saturated rings. The maximum absolute atomic E-state index is 12.4. The highest BCUT2D eigenvalue weighted by Crippen LogP contribution is 2.22. The molecule has 0 aromatic carbocycles. The molecule has 1 N–H and O–H groups in total. The van der Waals surface area contributed by atoms with Gasteiger partial charge in [-0.25, -0.2) is 12.7 Å². The summed E-state index contributed by atoms with van der Waals surface area (Å²) in [7, 11) is -3.02. The normalized spacial score (nSPS) is 29.1. The molecule has 0 spiro atoms. The van der Waals surface area contributed by atoms with E-state index in [0.29, 0.717) is 17.6 Å². The summed E-state index contributed by atoms with van der Waals surface area (Å²) >= 11 is 0. The number of sulfonamides is 1. The molecule has 0 aromatic rings. The van der Waals surface area contributed by atoms with E-state index in [1.165, 1.54) is 6.42 Å². The molecule has 2 aliphatic heterocycles. The van der Waals surface area contributed by atoms with Crippen LogP contribution in [-0.2, 0) is 10.0 Å². The Morgan fingerprint density at radius 1 is 1.11 bits per heavy atom. The van der Waals surface area contributed by atoms with Crippen LogP contribution in [0.2, 0.25) is 0 Å². The summed E-state index contributed by atoms with van der Waals surface area (Å²) in [5.41, 5.74) is 0. The van der Waals surface area contributed by atoms with E-state index >= 15 is 0 Å². The van der Waals surface area contributed by atoms with Crippen molar-refractivity contribution in [1.29, 1.82) is 0 Å². The lowest BCUT2D eigenvalue weighted by Crippen LogP contribution is -2.38. The van der Waals surface area contributed by atoms with Gasteiger partial charge in [-0.1, -0.05) is 6.92 Å². The van der Waals surface area contributed by atoms with Gasteiger partial charge in [0.05, 0.1) is 5.75 Å². The summed E-state index contributed by atoms with van der Waals surface area (Å²) < 4.78 is 26.6. The predicted molar refractivity (Wildman–Crippen MR) is 74.0 cm³/mol. The van der Waals surface area contributed by atoms with Gasteiger partial charge in [0.2, 0.25) is 10.0 Å². The van der Waals surface area contributed by atoms with Crippen molar-refractivity contribution in [3.05, 3.63) is 0 Å². The Balaban J connectivity index is 1.92. The van der Waals surface area contributed by atoms with Gasteiger partial charge in [-0.3, -0.25) is 0 Å². The number of rotatable bonds is 3. The monoisotopic (exact) mass is 274 g/mol. The first kappa shape index (κ1) is 14.3. The lowest BCUT2D eigenvalue weighted by Gasteiger charge is -2.26. The van der Waals surface area contributed by atoms with Gasteiger partial charge >= 0.3 is 0 Å². The third-order valence-electron chi connectivity index (χ3n) is 4.27. The van der Waals surface area contributed by atoms with Crippen molar-refractivity contribution in [3.63, 3.8) is 0 Å². The summed E-state index contributed by atoms with van der Waals surface area (Å²) in [6, 6.07) is 0. The van der Waals surface area contributed by atoms with E-state index in [4.69, 9.17) is 0 Å². The largest absolute Gasteiger partial charge is 0.317 e.